The Morgan fingerprint density at radius 1 is 1.24 bits per heavy atom. The molecule has 0 unspecified atom stereocenters. The first-order chi connectivity index (χ1) is 11.7. The van der Waals surface area contributed by atoms with Crippen LogP contribution in [0.25, 0.3) is 0 Å². The van der Waals surface area contributed by atoms with Gasteiger partial charge in [-0.2, -0.15) is 18.4 Å². The molecule has 0 aliphatic carbocycles. The predicted molar refractivity (Wildman–Crippen MR) is 89.5 cm³/mol. The van der Waals surface area contributed by atoms with Crippen LogP contribution in [0, 0.1) is 18.3 Å². The van der Waals surface area contributed by atoms with Crippen molar-refractivity contribution in [3.05, 3.63) is 58.1 Å². The molecular formula is C17H13ClF3N3O. The number of nitriles is 1. The first-order valence-corrected chi connectivity index (χ1v) is 7.49. The van der Waals surface area contributed by atoms with Gasteiger partial charge >= 0.3 is 6.18 Å². The smallest absolute Gasteiger partial charge is 0.376 e. The molecule has 25 heavy (non-hydrogen) atoms. The second kappa shape index (κ2) is 7.45. The van der Waals surface area contributed by atoms with E-state index in [9.17, 15) is 18.0 Å². The molecule has 2 aromatic carbocycles. The maximum Gasteiger partial charge on any atom is 0.416 e. The van der Waals surface area contributed by atoms with Gasteiger partial charge in [-0.3, -0.25) is 4.79 Å². The van der Waals surface area contributed by atoms with Crippen LogP contribution in [0.15, 0.2) is 36.4 Å². The van der Waals surface area contributed by atoms with Gasteiger partial charge in [0.2, 0.25) is 5.91 Å². The van der Waals surface area contributed by atoms with Gasteiger partial charge in [0.05, 0.1) is 23.4 Å². The molecule has 0 saturated heterocycles. The Hall–Kier alpha value is -2.72. The number of alkyl halides is 3. The molecule has 0 spiro atoms. The Kier molecular flexibility index (Phi) is 5.55. The molecule has 0 bridgehead atoms. The molecule has 0 fully saturated rings. The van der Waals surface area contributed by atoms with Crippen LogP contribution < -0.4 is 10.6 Å². The quantitative estimate of drug-likeness (QED) is 0.830. The lowest BCUT2D eigenvalue weighted by Gasteiger charge is -2.13. The summed E-state index contributed by atoms with van der Waals surface area (Å²) < 4.78 is 38.7. The molecule has 4 nitrogen and oxygen atoms in total. The van der Waals surface area contributed by atoms with E-state index in [-0.39, 0.29) is 29.0 Å². The lowest BCUT2D eigenvalue weighted by molar-refractivity contribution is -0.138. The molecule has 0 aliphatic heterocycles. The SMILES string of the molecule is Cc1ccc(NCC(=O)Nc2cc(Cl)ccc2C#N)cc1C(F)(F)F. The van der Waals surface area contributed by atoms with Crippen LogP contribution in [-0.2, 0) is 11.0 Å². The Bertz CT molecular complexity index is 844. The highest BCUT2D eigenvalue weighted by atomic mass is 35.5. The minimum absolute atomic E-state index is 0.0973. The average molecular weight is 368 g/mol. The summed E-state index contributed by atoms with van der Waals surface area (Å²) in [4.78, 5) is 12.0. The number of benzene rings is 2. The Morgan fingerprint density at radius 3 is 2.60 bits per heavy atom. The van der Waals surface area contributed by atoms with E-state index in [0.717, 1.165) is 6.07 Å². The number of amides is 1. The third-order valence-corrected chi connectivity index (χ3v) is 3.61. The standard InChI is InChI=1S/C17H13ClF3N3O/c1-10-2-5-13(7-14(10)17(19,20)21)23-9-16(25)24-15-6-12(18)4-3-11(15)8-22/h2-7,23H,9H2,1H3,(H,24,25). The van der Waals surface area contributed by atoms with Gasteiger partial charge in [0.25, 0.3) is 0 Å². The molecule has 1 amide bonds. The highest BCUT2D eigenvalue weighted by Gasteiger charge is 2.32. The van der Waals surface area contributed by atoms with Crippen molar-refractivity contribution in [3.63, 3.8) is 0 Å². The van der Waals surface area contributed by atoms with Crippen molar-refractivity contribution in [1.82, 2.24) is 0 Å². The summed E-state index contributed by atoms with van der Waals surface area (Å²) >= 11 is 5.82. The van der Waals surface area contributed by atoms with Crippen LogP contribution >= 0.6 is 11.6 Å². The lowest BCUT2D eigenvalue weighted by atomic mass is 10.1. The summed E-state index contributed by atoms with van der Waals surface area (Å²) in [6, 6.07) is 10.0. The number of aryl methyl sites for hydroxylation is 1. The molecule has 2 rings (SSSR count). The summed E-state index contributed by atoms with van der Waals surface area (Å²) in [6.45, 7) is 1.10. The van der Waals surface area contributed by atoms with E-state index in [1.54, 1.807) is 0 Å². The zero-order valence-corrected chi connectivity index (χ0v) is 13.8. The second-order valence-corrected chi connectivity index (χ2v) is 5.67. The maximum absolute atomic E-state index is 12.9. The number of rotatable bonds is 4. The number of nitrogens with zero attached hydrogens (tertiary/aromatic N) is 1. The number of halogens is 4. The molecule has 0 aromatic heterocycles. The number of anilines is 2. The zero-order chi connectivity index (χ0) is 18.6. The van der Waals surface area contributed by atoms with Crippen LogP contribution in [-0.4, -0.2) is 12.5 Å². The van der Waals surface area contributed by atoms with Crippen LogP contribution in [0.5, 0.6) is 0 Å². The van der Waals surface area contributed by atoms with E-state index < -0.39 is 17.6 Å². The fourth-order valence-corrected chi connectivity index (χ4v) is 2.30. The van der Waals surface area contributed by atoms with Gasteiger partial charge < -0.3 is 10.6 Å². The van der Waals surface area contributed by atoms with Gasteiger partial charge in [-0.15, -0.1) is 0 Å². The molecule has 0 saturated carbocycles. The van der Waals surface area contributed by atoms with Crippen LogP contribution in [0.2, 0.25) is 5.02 Å². The first-order valence-electron chi connectivity index (χ1n) is 7.12. The second-order valence-electron chi connectivity index (χ2n) is 5.23. The molecule has 2 N–H and O–H groups in total. The fourth-order valence-electron chi connectivity index (χ4n) is 2.13. The fraction of sp³-hybridized carbons (Fsp3) is 0.176. The summed E-state index contributed by atoms with van der Waals surface area (Å²) in [6.07, 6.45) is -4.47. The van der Waals surface area contributed by atoms with Gasteiger partial charge in [-0.1, -0.05) is 17.7 Å². The summed E-state index contributed by atoms with van der Waals surface area (Å²) in [5.41, 5.74) is -0.0339. The normalized spacial score (nSPS) is 10.9. The zero-order valence-electron chi connectivity index (χ0n) is 13.0. The average Bonchev–Trinajstić information content (AvgIpc) is 2.53. The molecular weight excluding hydrogens is 355 g/mol. The van der Waals surface area contributed by atoms with Gasteiger partial charge in [-0.05, 0) is 42.8 Å². The van der Waals surface area contributed by atoms with Crippen molar-refractivity contribution in [2.24, 2.45) is 0 Å². The van der Waals surface area contributed by atoms with Crippen molar-refractivity contribution in [3.8, 4) is 6.07 Å². The highest BCUT2D eigenvalue weighted by molar-refractivity contribution is 6.31. The molecule has 0 atom stereocenters. The van der Waals surface area contributed by atoms with Gasteiger partial charge in [0.15, 0.2) is 0 Å². The van der Waals surface area contributed by atoms with Crippen molar-refractivity contribution >= 4 is 28.9 Å². The lowest BCUT2D eigenvalue weighted by Crippen LogP contribution is -2.22. The molecule has 0 heterocycles. The predicted octanol–water partition coefficient (Wildman–Crippen LogP) is 4.59. The highest BCUT2D eigenvalue weighted by Crippen LogP contribution is 2.33. The van der Waals surface area contributed by atoms with Crippen molar-refractivity contribution in [1.29, 1.82) is 5.26 Å². The number of carbonyl (C=O) groups excluding carboxylic acids is 1. The third kappa shape index (κ3) is 4.88. The van der Waals surface area contributed by atoms with Gasteiger partial charge in [-0.25, -0.2) is 0 Å². The number of carbonyl (C=O) groups is 1. The minimum atomic E-state index is -4.47. The van der Waals surface area contributed by atoms with Crippen LogP contribution in [0.3, 0.4) is 0 Å². The summed E-state index contributed by atoms with van der Waals surface area (Å²) in [5, 5.41) is 14.5. The number of hydrogen-bond acceptors (Lipinski definition) is 3. The van der Waals surface area contributed by atoms with E-state index in [4.69, 9.17) is 16.9 Å². The summed E-state index contributed by atoms with van der Waals surface area (Å²) in [5.74, 6) is -0.520. The van der Waals surface area contributed by atoms with E-state index >= 15 is 0 Å². The minimum Gasteiger partial charge on any atom is -0.376 e. The molecule has 8 heteroatoms. The summed E-state index contributed by atoms with van der Waals surface area (Å²) in [7, 11) is 0. The van der Waals surface area contributed by atoms with Crippen molar-refractivity contribution in [2.75, 3.05) is 17.2 Å². The Morgan fingerprint density at radius 2 is 1.96 bits per heavy atom. The van der Waals surface area contributed by atoms with E-state index in [0.29, 0.717) is 5.02 Å². The first kappa shape index (κ1) is 18.6. The van der Waals surface area contributed by atoms with E-state index in [1.807, 2.05) is 6.07 Å². The van der Waals surface area contributed by atoms with E-state index in [1.165, 1.54) is 37.3 Å². The maximum atomic E-state index is 12.9. The largest absolute Gasteiger partial charge is 0.416 e. The topological polar surface area (TPSA) is 64.9 Å². The number of nitrogens with one attached hydrogen (secondary N) is 2. The molecule has 0 radical (unpaired) electrons. The number of hydrogen-bond donors (Lipinski definition) is 2. The van der Waals surface area contributed by atoms with Gasteiger partial charge in [0.1, 0.15) is 6.07 Å². The molecule has 130 valence electrons. The van der Waals surface area contributed by atoms with Crippen molar-refractivity contribution < 1.29 is 18.0 Å². The Balaban J connectivity index is 2.06. The van der Waals surface area contributed by atoms with Gasteiger partial charge in [0, 0.05) is 10.7 Å². The molecule has 2 aromatic rings. The Labute approximate surface area is 147 Å². The van der Waals surface area contributed by atoms with Crippen LogP contribution in [0.1, 0.15) is 16.7 Å². The monoisotopic (exact) mass is 367 g/mol. The third-order valence-electron chi connectivity index (χ3n) is 3.37. The van der Waals surface area contributed by atoms with Crippen molar-refractivity contribution in [2.45, 2.75) is 13.1 Å². The van der Waals surface area contributed by atoms with Crippen LogP contribution in [0.4, 0.5) is 24.5 Å². The van der Waals surface area contributed by atoms with E-state index in [2.05, 4.69) is 10.6 Å². The molecule has 0 aliphatic rings.